The second-order valence-electron chi connectivity index (χ2n) is 3.08. The second kappa shape index (κ2) is 4.11. The molecule has 0 aromatic heterocycles. The fraction of sp³-hybridized carbons (Fsp3) is 0.300. The van der Waals surface area contributed by atoms with Gasteiger partial charge in [-0.15, -0.1) is 0 Å². The van der Waals surface area contributed by atoms with Crippen LogP contribution in [-0.2, 0) is 6.18 Å². The van der Waals surface area contributed by atoms with Crippen LogP contribution in [0.3, 0.4) is 0 Å². The molecule has 1 nitrogen and oxygen atoms in total. The standard InChI is InChI=1S/C10H7ClF3N/c1-6(5-15)8-3-2-7(11)4-9(8)10(12,13)14/h2-4,6H,1H3. The van der Waals surface area contributed by atoms with Crippen LogP contribution >= 0.6 is 11.6 Å². The van der Waals surface area contributed by atoms with E-state index < -0.39 is 17.7 Å². The highest BCUT2D eigenvalue weighted by molar-refractivity contribution is 6.30. The van der Waals surface area contributed by atoms with E-state index in [0.717, 1.165) is 6.07 Å². The SMILES string of the molecule is CC(C#N)c1ccc(Cl)cc1C(F)(F)F. The van der Waals surface area contributed by atoms with Crippen LogP contribution in [0.15, 0.2) is 18.2 Å². The van der Waals surface area contributed by atoms with E-state index >= 15 is 0 Å². The molecule has 0 radical (unpaired) electrons. The Kier molecular flexibility index (Phi) is 3.25. The minimum atomic E-state index is -4.48. The van der Waals surface area contributed by atoms with Crippen LogP contribution in [0.4, 0.5) is 13.2 Å². The first-order valence-corrected chi connectivity index (χ1v) is 4.50. The number of nitriles is 1. The van der Waals surface area contributed by atoms with Crippen LogP contribution < -0.4 is 0 Å². The third kappa shape index (κ3) is 2.63. The van der Waals surface area contributed by atoms with E-state index in [0.29, 0.717) is 0 Å². The van der Waals surface area contributed by atoms with E-state index in [-0.39, 0.29) is 10.6 Å². The molecule has 0 heterocycles. The summed E-state index contributed by atoms with van der Waals surface area (Å²) in [4.78, 5) is 0. The van der Waals surface area contributed by atoms with Crippen molar-refractivity contribution < 1.29 is 13.2 Å². The summed E-state index contributed by atoms with van der Waals surface area (Å²) < 4.78 is 37.7. The highest BCUT2D eigenvalue weighted by atomic mass is 35.5. The van der Waals surface area contributed by atoms with Crippen LogP contribution in [-0.4, -0.2) is 0 Å². The Hall–Kier alpha value is -1.21. The lowest BCUT2D eigenvalue weighted by molar-refractivity contribution is -0.138. The average Bonchev–Trinajstić information content (AvgIpc) is 2.15. The fourth-order valence-corrected chi connectivity index (χ4v) is 1.39. The monoisotopic (exact) mass is 233 g/mol. The lowest BCUT2D eigenvalue weighted by Gasteiger charge is -2.14. The Morgan fingerprint density at radius 2 is 2.00 bits per heavy atom. The van der Waals surface area contributed by atoms with E-state index in [2.05, 4.69) is 0 Å². The molecule has 0 saturated carbocycles. The molecule has 0 N–H and O–H groups in total. The Morgan fingerprint density at radius 1 is 1.40 bits per heavy atom. The van der Waals surface area contributed by atoms with Gasteiger partial charge < -0.3 is 0 Å². The maximum absolute atomic E-state index is 12.6. The predicted molar refractivity (Wildman–Crippen MR) is 50.5 cm³/mol. The molecule has 0 bridgehead atoms. The van der Waals surface area contributed by atoms with Gasteiger partial charge in [0.05, 0.1) is 17.6 Å². The van der Waals surface area contributed by atoms with Gasteiger partial charge in [-0.2, -0.15) is 18.4 Å². The van der Waals surface area contributed by atoms with Crippen LogP contribution in [0.5, 0.6) is 0 Å². The molecule has 5 heteroatoms. The zero-order valence-electron chi connectivity index (χ0n) is 7.77. The maximum Gasteiger partial charge on any atom is 0.416 e. The first-order chi connectivity index (χ1) is 6.86. The topological polar surface area (TPSA) is 23.8 Å². The van der Waals surface area contributed by atoms with Gasteiger partial charge in [-0.05, 0) is 24.6 Å². The van der Waals surface area contributed by atoms with Crippen LogP contribution in [0, 0.1) is 11.3 Å². The molecule has 0 spiro atoms. The van der Waals surface area contributed by atoms with Gasteiger partial charge >= 0.3 is 6.18 Å². The van der Waals surface area contributed by atoms with Crippen LogP contribution in [0.2, 0.25) is 5.02 Å². The van der Waals surface area contributed by atoms with E-state index in [1.54, 1.807) is 6.07 Å². The van der Waals surface area contributed by atoms with Gasteiger partial charge in [-0.1, -0.05) is 17.7 Å². The van der Waals surface area contributed by atoms with E-state index in [1.807, 2.05) is 0 Å². The molecule has 1 aromatic rings. The number of rotatable bonds is 1. The molecule has 1 unspecified atom stereocenters. The van der Waals surface area contributed by atoms with Gasteiger partial charge in [0.1, 0.15) is 0 Å². The predicted octanol–water partition coefficient (Wildman–Crippen LogP) is 3.99. The molecule has 0 fully saturated rings. The van der Waals surface area contributed by atoms with Crippen molar-refractivity contribution >= 4 is 11.6 Å². The summed E-state index contributed by atoms with van der Waals surface area (Å²) in [5, 5.41) is 8.61. The van der Waals surface area contributed by atoms with Gasteiger partial charge in [0.15, 0.2) is 0 Å². The zero-order valence-corrected chi connectivity index (χ0v) is 8.52. The quantitative estimate of drug-likeness (QED) is 0.720. The van der Waals surface area contributed by atoms with Crippen molar-refractivity contribution in [2.24, 2.45) is 0 Å². The van der Waals surface area contributed by atoms with Gasteiger partial charge in [-0.25, -0.2) is 0 Å². The highest BCUT2D eigenvalue weighted by Crippen LogP contribution is 2.36. The molecule has 1 aromatic carbocycles. The summed E-state index contributed by atoms with van der Waals surface area (Å²) in [5.41, 5.74) is -0.890. The summed E-state index contributed by atoms with van der Waals surface area (Å²) in [6, 6.07) is 5.19. The Balaban J connectivity index is 3.35. The summed E-state index contributed by atoms with van der Waals surface area (Å²) >= 11 is 5.49. The Bertz CT molecular complexity index is 406. The van der Waals surface area contributed by atoms with Crippen molar-refractivity contribution in [2.45, 2.75) is 19.0 Å². The largest absolute Gasteiger partial charge is 0.416 e. The second-order valence-corrected chi connectivity index (χ2v) is 3.52. The Labute approximate surface area is 90.1 Å². The van der Waals surface area contributed by atoms with Gasteiger partial charge in [0.2, 0.25) is 0 Å². The number of hydrogen-bond acceptors (Lipinski definition) is 1. The number of nitrogens with zero attached hydrogens (tertiary/aromatic N) is 1. The molecule has 0 saturated heterocycles. The molecule has 0 aliphatic heterocycles. The summed E-state index contributed by atoms with van der Waals surface area (Å²) in [6.45, 7) is 1.42. The molecule has 0 amide bonds. The average molecular weight is 234 g/mol. The van der Waals surface area contributed by atoms with Crippen molar-refractivity contribution in [1.82, 2.24) is 0 Å². The van der Waals surface area contributed by atoms with Gasteiger partial charge in [0, 0.05) is 5.02 Å². The van der Waals surface area contributed by atoms with E-state index in [9.17, 15) is 13.2 Å². The third-order valence-corrected chi connectivity index (χ3v) is 2.22. The summed E-state index contributed by atoms with van der Waals surface area (Å²) in [6.07, 6.45) is -4.48. The smallest absolute Gasteiger partial charge is 0.198 e. The van der Waals surface area contributed by atoms with Crippen LogP contribution in [0.25, 0.3) is 0 Å². The van der Waals surface area contributed by atoms with Gasteiger partial charge in [-0.3, -0.25) is 0 Å². The van der Waals surface area contributed by atoms with Crippen molar-refractivity contribution in [3.8, 4) is 6.07 Å². The Morgan fingerprint density at radius 3 is 2.47 bits per heavy atom. The molecule has 0 aliphatic rings. The molecule has 0 aliphatic carbocycles. The minimum Gasteiger partial charge on any atom is -0.198 e. The first-order valence-electron chi connectivity index (χ1n) is 4.12. The molecular formula is C10H7ClF3N. The normalized spacial score (nSPS) is 13.3. The van der Waals surface area contributed by atoms with Crippen molar-refractivity contribution in [3.63, 3.8) is 0 Å². The minimum absolute atomic E-state index is 0.0104. The molecular weight excluding hydrogens is 227 g/mol. The molecule has 15 heavy (non-hydrogen) atoms. The van der Waals surface area contributed by atoms with E-state index in [1.165, 1.54) is 19.1 Å². The van der Waals surface area contributed by atoms with Crippen molar-refractivity contribution in [1.29, 1.82) is 5.26 Å². The summed E-state index contributed by atoms with van der Waals surface area (Å²) in [5.74, 6) is -0.807. The highest BCUT2D eigenvalue weighted by Gasteiger charge is 2.34. The van der Waals surface area contributed by atoms with Crippen LogP contribution in [0.1, 0.15) is 24.0 Å². The maximum atomic E-state index is 12.6. The number of halogens is 4. The third-order valence-electron chi connectivity index (χ3n) is 1.98. The fourth-order valence-electron chi connectivity index (χ4n) is 1.22. The number of benzene rings is 1. The van der Waals surface area contributed by atoms with Crippen molar-refractivity contribution in [2.75, 3.05) is 0 Å². The molecule has 80 valence electrons. The van der Waals surface area contributed by atoms with E-state index in [4.69, 9.17) is 16.9 Å². The lowest BCUT2D eigenvalue weighted by atomic mass is 9.96. The molecule has 1 atom stereocenters. The summed E-state index contributed by atoms with van der Waals surface area (Å²) in [7, 11) is 0. The lowest BCUT2D eigenvalue weighted by Crippen LogP contribution is -2.10. The zero-order chi connectivity index (χ0) is 11.6. The number of alkyl halides is 3. The van der Waals surface area contributed by atoms with Gasteiger partial charge in [0.25, 0.3) is 0 Å². The number of hydrogen-bond donors (Lipinski definition) is 0. The molecule has 1 rings (SSSR count). The van der Waals surface area contributed by atoms with Crippen molar-refractivity contribution in [3.05, 3.63) is 34.3 Å². The first kappa shape index (κ1) is 11.9.